The Hall–Kier alpha value is -2.04. The Labute approximate surface area is 127 Å². The van der Waals surface area contributed by atoms with E-state index in [1.165, 1.54) is 12.1 Å². The standard InChI is InChI=1S/C16H15ClO4/c1-10(18)14-8-13(17)6-7-15(14)21-9-11-2-4-12(5-3-11)16(19)20/h2-8,10,18H,9H2,1H3,(H,19,20). The lowest BCUT2D eigenvalue weighted by Gasteiger charge is -2.14. The number of carboxylic acids is 1. The molecule has 2 aromatic rings. The number of carbonyl (C=O) groups is 1. The van der Waals surface area contributed by atoms with Crippen LogP contribution in [0.4, 0.5) is 0 Å². The lowest BCUT2D eigenvalue weighted by molar-refractivity contribution is 0.0697. The third kappa shape index (κ3) is 3.97. The molecule has 0 aliphatic carbocycles. The molecule has 0 aliphatic heterocycles. The van der Waals surface area contributed by atoms with Crippen molar-refractivity contribution >= 4 is 17.6 Å². The number of ether oxygens (including phenoxy) is 1. The molecule has 0 bridgehead atoms. The van der Waals surface area contributed by atoms with E-state index in [1.54, 1.807) is 37.3 Å². The second-order valence-electron chi connectivity index (χ2n) is 4.65. The van der Waals surface area contributed by atoms with Crippen LogP contribution in [0.2, 0.25) is 5.02 Å². The first-order chi connectivity index (χ1) is 9.97. The zero-order valence-corrected chi connectivity index (χ0v) is 12.2. The van der Waals surface area contributed by atoms with E-state index in [2.05, 4.69) is 0 Å². The molecule has 0 heterocycles. The van der Waals surface area contributed by atoms with Crippen molar-refractivity contribution in [2.75, 3.05) is 0 Å². The van der Waals surface area contributed by atoms with Gasteiger partial charge in [0.1, 0.15) is 12.4 Å². The lowest BCUT2D eigenvalue weighted by Crippen LogP contribution is -2.02. The number of carboxylic acid groups (broad SMARTS) is 1. The zero-order valence-electron chi connectivity index (χ0n) is 11.4. The Morgan fingerprint density at radius 2 is 1.90 bits per heavy atom. The molecule has 2 rings (SSSR count). The fraction of sp³-hybridized carbons (Fsp3) is 0.188. The van der Waals surface area contributed by atoms with Gasteiger partial charge >= 0.3 is 5.97 Å². The van der Waals surface area contributed by atoms with Gasteiger partial charge in [0, 0.05) is 10.6 Å². The van der Waals surface area contributed by atoms with Gasteiger partial charge in [0.25, 0.3) is 0 Å². The molecule has 2 N–H and O–H groups in total. The minimum atomic E-state index is -0.962. The van der Waals surface area contributed by atoms with Crippen molar-refractivity contribution in [3.63, 3.8) is 0 Å². The van der Waals surface area contributed by atoms with Gasteiger partial charge in [0.2, 0.25) is 0 Å². The van der Waals surface area contributed by atoms with Crippen LogP contribution < -0.4 is 4.74 Å². The summed E-state index contributed by atoms with van der Waals surface area (Å²) in [7, 11) is 0. The summed E-state index contributed by atoms with van der Waals surface area (Å²) in [6, 6.07) is 11.5. The molecule has 0 fully saturated rings. The molecular formula is C16H15ClO4. The highest BCUT2D eigenvalue weighted by molar-refractivity contribution is 6.30. The highest BCUT2D eigenvalue weighted by Crippen LogP contribution is 2.28. The summed E-state index contributed by atoms with van der Waals surface area (Å²) in [4.78, 5) is 10.8. The first kappa shape index (κ1) is 15.4. The van der Waals surface area contributed by atoms with Crippen LogP contribution in [0.3, 0.4) is 0 Å². The molecule has 1 atom stereocenters. The molecule has 2 aromatic carbocycles. The number of aromatic carboxylic acids is 1. The minimum absolute atomic E-state index is 0.231. The largest absolute Gasteiger partial charge is 0.489 e. The summed E-state index contributed by atoms with van der Waals surface area (Å²) in [5, 5.41) is 19.1. The van der Waals surface area contributed by atoms with Gasteiger partial charge in [-0.15, -0.1) is 0 Å². The van der Waals surface area contributed by atoms with E-state index in [1.807, 2.05) is 0 Å². The minimum Gasteiger partial charge on any atom is -0.489 e. The van der Waals surface area contributed by atoms with Crippen LogP contribution in [0, 0.1) is 0 Å². The Kier molecular flexibility index (Phi) is 4.83. The molecular weight excluding hydrogens is 292 g/mol. The maximum atomic E-state index is 10.8. The Bertz CT molecular complexity index is 635. The molecule has 0 spiro atoms. The number of aliphatic hydroxyl groups is 1. The topological polar surface area (TPSA) is 66.8 Å². The van der Waals surface area contributed by atoms with Crippen molar-refractivity contribution in [3.8, 4) is 5.75 Å². The molecule has 5 heteroatoms. The Morgan fingerprint density at radius 1 is 1.24 bits per heavy atom. The number of benzene rings is 2. The van der Waals surface area contributed by atoms with Crippen LogP contribution >= 0.6 is 11.6 Å². The van der Waals surface area contributed by atoms with Crippen molar-refractivity contribution < 1.29 is 19.7 Å². The maximum absolute atomic E-state index is 10.8. The van der Waals surface area contributed by atoms with Crippen molar-refractivity contribution in [1.29, 1.82) is 0 Å². The van der Waals surface area contributed by atoms with Gasteiger partial charge in [0.15, 0.2) is 0 Å². The quantitative estimate of drug-likeness (QED) is 0.884. The molecule has 0 radical (unpaired) electrons. The SMILES string of the molecule is CC(O)c1cc(Cl)ccc1OCc1ccc(C(=O)O)cc1. The lowest BCUT2D eigenvalue weighted by atomic mass is 10.1. The molecule has 110 valence electrons. The predicted molar refractivity (Wildman–Crippen MR) is 79.8 cm³/mol. The first-order valence-electron chi connectivity index (χ1n) is 6.40. The van der Waals surface area contributed by atoms with Gasteiger partial charge < -0.3 is 14.9 Å². The molecule has 0 aromatic heterocycles. The number of aliphatic hydroxyl groups excluding tert-OH is 1. The average molecular weight is 307 g/mol. The summed E-state index contributed by atoms with van der Waals surface area (Å²) < 4.78 is 5.67. The van der Waals surface area contributed by atoms with Gasteiger partial charge in [0.05, 0.1) is 11.7 Å². The van der Waals surface area contributed by atoms with Crippen molar-refractivity contribution in [3.05, 3.63) is 64.2 Å². The van der Waals surface area contributed by atoms with Crippen molar-refractivity contribution in [2.45, 2.75) is 19.6 Å². The van der Waals surface area contributed by atoms with Crippen molar-refractivity contribution in [2.24, 2.45) is 0 Å². The fourth-order valence-electron chi connectivity index (χ4n) is 1.88. The van der Waals surface area contributed by atoms with Gasteiger partial charge in [-0.2, -0.15) is 0 Å². The highest BCUT2D eigenvalue weighted by atomic mass is 35.5. The normalized spacial score (nSPS) is 12.0. The maximum Gasteiger partial charge on any atom is 0.335 e. The van der Waals surface area contributed by atoms with Crippen LogP contribution in [-0.4, -0.2) is 16.2 Å². The number of hydrogen-bond donors (Lipinski definition) is 2. The van der Waals surface area contributed by atoms with Crippen LogP contribution in [0.15, 0.2) is 42.5 Å². The third-order valence-electron chi connectivity index (χ3n) is 3.02. The molecule has 0 amide bonds. The molecule has 1 unspecified atom stereocenters. The fourth-order valence-corrected chi connectivity index (χ4v) is 2.06. The molecule has 0 saturated carbocycles. The second kappa shape index (κ2) is 6.61. The van der Waals surface area contributed by atoms with E-state index >= 15 is 0 Å². The van der Waals surface area contributed by atoms with E-state index in [0.29, 0.717) is 16.3 Å². The zero-order chi connectivity index (χ0) is 15.4. The molecule has 21 heavy (non-hydrogen) atoms. The average Bonchev–Trinajstić information content (AvgIpc) is 2.46. The summed E-state index contributed by atoms with van der Waals surface area (Å²) in [5.74, 6) is -0.409. The summed E-state index contributed by atoms with van der Waals surface area (Å²) in [5.41, 5.74) is 1.69. The van der Waals surface area contributed by atoms with Crippen LogP contribution in [0.1, 0.15) is 34.5 Å². The predicted octanol–water partition coefficient (Wildman–Crippen LogP) is 3.67. The second-order valence-corrected chi connectivity index (χ2v) is 5.09. The Morgan fingerprint density at radius 3 is 2.48 bits per heavy atom. The van der Waals surface area contributed by atoms with Gasteiger partial charge in [-0.1, -0.05) is 23.7 Å². The number of hydrogen-bond acceptors (Lipinski definition) is 3. The highest BCUT2D eigenvalue weighted by Gasteiger charge is 2.10. The summed E-state index contributed by atoms with van der Waals surface area (Å²) in [6.45, 7) is 1.92. The number of halogens is 1. The Balaban J connectivity index is 2.11. The molecule has 4 nitrogen and oxygen atoms in total. The molecule has 0 saturated heterocycles. The molecule has 0 aliphatic rings. The van der Waals surface area contributed by atoms with Crippen LogP contribution in [-0.2, 0) is 6.61 Å². The smallest absolute Gasteiger partial charge is 0.335 e. The van der Waals surface area contributed by atoms with Gasteiger partial charge in [-0.25, -0.2) is 4.79 Å². The van der Waals surface area contributed by atoms with Gasteiger partial charge in [-0.3, -0.25) is 0 Å². The number of rotatable bonds is 5. The van der Waals surface area contributed by atoms with E-state index in [9.17, 15) is 9.90 Å². The van der Waals surface area contributed by atoms with E-state index < -0.39 is 12.1 Å². The first-order valence-corrected chi connectivity index (χ1v) is 6.77. The van der Waals surface area contributed by atoms with Crippen LogP contribution in [0.5, 0.6) is 5.75 Å². The van der Waals surface area contributed by atoms with Crippen molar-refractivity contribution in [1.82, 2.24) is 0 Å². The van der Waals surface area contributed by atoms with E-state index in [0.717, 1.165) is 5.56 Å². The van der Waals surface area contributed by atoms with E-state index in [4.69, 9.17) is 21.4 Å². The van der Waals surface area contributed by atoms with Crippen LogP contribution in [0.25, 0.3) is 0 Å². The van der Waals surface area contributed by atoms with Gasteiger partial charge in [-0.05, 0) is 42.8 Å². The van der Waals surface area contributed by atoms with E-state index in [-0.39, 0.29) is 12.2 Å². The summed E-state index contributed by atoms with van der Waals surface area (Å²) >= 11 is 5.90. The monoisotopic (exact) mass is 306 g/mol. The third-order valence-corrected chi connectivity index (χ3v) is 3.25. The summed E-state index contributed by atoms with van der Waals surface area (Å²) in [6.07, 6.45) is -0.687.